The normalized spacial score (nSPS) is 15.8. The van der Waals surface area contributed by atoms with Crippen molar-refractivity contribution >= 4 is 17.4 Å². The molecule has 0 saturated carbocycles. The minimum atomic E-state index is -0.958. The third-order valence-electron chi connectivity index (χ3n) is 5.88. The van der Waals surface area contributed by atoms with Crippen LogP contribution in [0.3, 0.4) is 0 Å². The molecule has 31 heavy (non-hydrogen) atoms. The van der Waals surface area contributed by atoms with Gasteiger partial charge in [0.25, 0.3) is 0 Å². The molecule has 0 spiro atoms. The predicted octanol–water partition coefficient (Wildman–Crippen LogP) is 4.65. The number of aromatic nitrogens is 1. The lowest BCUT2D eigenvalue weighted by atomic mass is 9.99. The molecule has 1 aliphatic heterocycles. The summed E-state index contributed by atoms with van der Waals surface area (Å²) in [4.78, 5) is 10.1. The van der Waals surface area contributed by atoms with Crippen LogP contribution in [0.1, 0.15) is 28.5 Å². The largest absolute Gasteiger partial charge is 0.382 e. The number of aliphatic hydroxyl groups excluding tert-OH is 1. The molecule has 6 heteroatoms. The van der Waals surface area contributed by atoms with Gasteiger partial charge in [-0.2, -0.15) is 0 Å². The molecule has 2 heterocycles. The number of aryl methyl sites for hydroxylation is 1. The van der Waals surface area contributed by atoms with Crippen LogP contribution in [0.15, 0.2) is 65.7 Å². The molecule has 1 atom stereocenters. The number of piperazine rings is 1. The first kappa shape index (κ1) is 21.8. The van der Waals surface area contributed by atoms with Gasteiger partial charge in [0.1, 0.15) is 11.9 Å². The van der Waals surface area contributed by atoms with E-state index in [1.807, 2.05) is 19.1 Å². The van der Waals surface area contributed by atoms with Crippen LogP contribution < -0.4 is 4.90 Å². The number of benzene rings is 2. The van der Waals surface area contributed by atoms with Gasteiger partial charge in [-0.05, 0) is 48.6 Å². The summed E-state index contributed by atoms with van der Waals surface area (Å²) in [6.45, 7) is 5.92. The Labute approximate surface area is 187 Å². The number of pyridine rings is 1. The summed E-state index contributed by atoms with van der Waals surface area (Å²) in [5.74, 6) is -0.300. The number of nitrogens with zero attached hydrogens (tertiary/aromatic N) is 3. The third kappa shape index (κ3) is 4.92. The van der Waals surface area contributed by atoms with Gasteiger partial charge in [0, 0.05) is 49.4 Å². The summed E-state index contributed by atoms with van der Waals surface area (Å²) in [6.07, 6.45) is 2.78. The van der Waals surface area contributed by atoms with Crippen molar-refractivity contribution in [3.63, 3.8) is 0 Å². The first-order valence-corrected chi connectivity index (χ1v) is 11.8. The smallest absolute Gasteiger partial charge is 0.146 e. The molecule has 1 fully saturated rings. The van der Waals surface area contributed by atoms with Gasteiger partial charge >= 0.3 is 0 Å². The van der Waals surface area contributed by atoms with E-state index in [1.54, 1.807) is 30.1 Å². The molecular weight excluding hydrogens is 409 g/mol. The molecule has 1 aromatic heterocycles. The number of aliphatic hydroxyl groups is 1. The third-order valence-corrected chi connectivity index (χ3v) is 6.62. The Balaban J connectivity index is 1.49. The molecule has 0 amide bonds. The number of rotatable bonds is 6. The average molecular weight is 438 g/mol. The van der Waals surface area contributed by atoms with Crippen molar-refractivity contribution in [3.05, 3.63) is 89.0 Å². The maximum absolute atomic E-state index is 14.9. The van der Waals surface area contributed by atoms with Gasteiger partial charge in [0.05, 0.1) is 11.4 Å². The molecule has 1 saturated heterocycles. The molecule has 1 N–H and O–H groups in total. The van der Waals surface area contributed by atoms with Crippen LogP contribution in [0.25, 0.3) is 0 Å². The van der Waals surface area contributed by atoms with Crippen LogP contribution in [-0.2, 0) is 6.54 Å². The van der Waals surface area contributed by atoms with Crippen molar-refractivity contribution in [2.75, 3.05) is 37.3 Å². The number of halogens is 1. The summed E-state index contributed by atoms with van der Waals surface area (Å²) < 4.78 is 14.9. The Hall–Kier alpha value is -2.41. The highest BCUT2D eigenvalue weighted by atomic mass is 32.2. The van der Waals surface area contributed by atoms with E-state index in [0.29, 0.717) is 30.0 Å². The molecule has 0 bridgehead atoms. The predicted molar refractivity (Wildman–Crippen MR) is 125 cm³/mol. The highest BCUT2D eigenvalue weighted by Crippen LogP contribution is 2.34. The van der Waals surface area contributed by atoms with Crippen LogP contribution in [0, 0.1) is 12.7 Å². The molecule has 0 radical (unpaired) electrons. The molecule has 3 aromatic rings. The van der Waals surface area contributed by atoms with E-state index < -0.39 is 6.10 Å². The Morgan fingerprint density at radius 3 is 2.45 bits per heavy atom. The first-order valence-electron chi connectivity index (χ1n) is 10.5. The van der Waals surface area contributed by atoms with Crippen molar-refractivity contribution in [2.24, 2.45) is 0 Å². The van der Waals surface area contributed by atoms with Crippen molar-refractivity contribution in [1.29, 1.82) is 0 Å². The molecule has 1 aliphatic rings. The van der Waals surface area contributed by atoms with Gasteiger partial charge in [-0.15, -0.1) is 11.8 Å². The Kier molecular flexibility index (Phi) is 6.90. The van der Waals surface area contributed by atoms with E-state index in [9.17, 15) is 9.50 Å². The van der Waals surface area contributed by atoms with E-state index in [-0.39, 0.29) is 5.82 Å². The minimum absolute atomic E-state index is 0.300. The van der Waals surface area contributed by atoms with Crippen LogP contribution in [0.2, 0.25) is 0 Å². The Morgan fingerprint density at radius 1 is 1.03 bits per heavy atom. The van der Waals surface area contributed by atoms with Gasteiger partial charge in [0.2, 0.25) is 0 Å². The number of anilines is 1. The zero-order valence-electron chi connectivity index (χ0n) is 18.0. The second kappa shape index (κ2) is 9.81. The molecule has 0 unspecified atom stereocenters. The monoisotopic (exact) mass is 437 g/mol. The molecule has 4 nitrogen and oxygen atoms in total. The van der Waals surface area contributed by atoms with Crippen molar-refractivity contribution in [3.8, 4) is 0 Å². The maximum Gasteiger partial charge on any atom is 0.146 e. The van der Waals surface area contributed by atoms with E-state index in [4.69, 9.17) is 0 Å². The Bertz CT molecular complexity index is 1020. The maximum atomic E-state index is 14.9. The van der Waals surface area contributed by atoms with E-state index in [2.05, 4.69) is 45.3 Å². The zero-order chi connectivity index (χ0) is 21.8. The molecule has 0 aliphatic carbocycles. The lowest BCUT2D eigenvalue weighted by Crippen LogP contribution is -2.46. The fourth-order valence-electron chi connectivity index (χ4n) is 4.14. The number of para-hydroxylation sites is 1. The second-order valence-corrected chi connectivity index (χ2v) is 8.78. The lowest BCUT2D eigenvalue weighted by molar-refractivity contribution is 0.213. The second-order valence-electron chi connectivity index (χ2n) is 7.90. The van der Waals surface area contributed by atoms with Crippen LogP contribution >= 0.6 is 11.8 Å². The number of thioether (sulfide) groups is 1. The van der Waals surface area contributed by atoms with Gasteiger partial charge in [0.15, 0.2) is 0 Å². The first-order chi connectivity index (χ1) is 15.1. The zero-order valence-corrected chi connectivity index (χ0v) is 18.8. The van der Waals surface area contributed by atoms with Gasteiger partial charge in [-0.1, -0.05) is 30.3 Å². The average Bonchev–Trinajstić information content (AvgIpc) is 2.80. The topological polar surface area (TPSA) is 39.6 Å². The molecule has 162 valence electrons. The lowest BCUT2D eigenvalue weighted by Gasteiger charge is -2.37. The summed E-state index contributed by atoms with van der Waals surface area (Å²) in [5.41, 5.74) is 3.81. The summed E-state index contributed by atoms with van der Waals surface area (Å²) >= 11 is 1.74. The summed E-state index contributed by atoms with van der Waals surface area (Å²) in [7, 11) is 0. The molecule has 4 rings (SSSR count). The molecule has 2 aromatic carbocycles. The van der Waals surface area contributed by atoms with Crippen molar-refractivity contribution in [1.82, 2.24) is 9.88 Å². The number of hydrogen-bond acceptors (Lipinski definition) is 5. The van der Waals surface area contributed by atoms with Crippen LogP contribution in [0.4, 0.5) is 10.1 Å². The highest BCUT2D eigenvalue weighted by molar-refractivity contribution is 7.98. The Morgan fingerprint density at radius 2 is 1.77 bits per heavy atom. The summed E-state index contributed by atoms with van der Waals surface area (Å²) in [6, 6.07) is 17.3. The van der Waals surface area contributed by atoms with E-state index in [1.165, 1.54) is 16.5 Å². The standard InChI is InChI=1S/C25H28FN3OS/c1-18-5-4-12-27-23(18)25(30)21-6-3-7-22(26)24(21)29-15-13-28(14-16-29)17-19-8-10-20(31-2)11-9-19/h3-12,25,30H,13-17H2,1-2H3/t25-/m1/s1. The molecular formula is C25H28FN3OS. The van der Waals surface area contributed by atoms with E-state index in [0.717, 1.165) is 25.2 Å². The fraction of sp³-hybridized carbons (Fsp3) is 0.320. The quantitative estimate of drug-likeness (QED) is 0.568. The number of hydrogen-bond donors (Lipinski definition) is 1. The van der Waals surface area contributed by atoms with Crippen LogP contribution in [-0.4, -0.2) is 47.4 Å². The van der Waals surface area contributed by atoms with Crippen molar-refractivity contribution < 1.29 is 9.50 Å². The minimum Gasteiger partial charge on any atom is -0.382 e. The van der Waals surface area contributed by atoms with Gasteiger partial charge in [-0.25, -0.2) is 4.39 Å². The van der Waals surface area contributed by atoms with E-state index >= 15 is 0 Å². The van der Waals surface area contributed by atoms with Gasteiger partial charge < -0.3 is 10.0 Å². The SMILES string of the molecule is CSc1ccc(CN2CCN(c3c(F)cccc3[C@@H](O)c3ncccc3C)CC2)cc1. The van der Waals surface area contributed by atoms with Crippen molar-refractivity contribution in [2.45, 2.75) is 24.5 Å². The highest BCUT2D eigenvalue weighted by Gasteiger charge is 2.26. The fourth-order valence-corrected chi connectivity index (χ4v) is 4.54. The van der Waals surface area contributed by atoms with Gasteiger partial charge in [-0.3, -0.25) is 9.88 Å². The van der Waals surface area contributed by atoms with Crippen LogP contribution in [0.5, 0.6) is 0 Å². The summed E-state index contributed by atoms with van der Waals surface area (Å²) in [5, 5.41) is 11.0.